The van der Waals surface area contributed by atoms with Crippen LogP contribution >= 0.6 is 0 Å². The van der Waals surface area contributed by atoms with Crippen LogP contribution in [0.2, 0.25) is 0 Å². The van der Waals surface area contributed by atoms with E-state index in [4.69, 9.17) is 4.74 Å². The van der Waals surface area contributed by atoms with E-state index in [-0.39, 0.29) is 17.0 Å². The molecule has 3 heteroatoms. The molecule has 0 heterocycles. The number of Topliss-reactive ketones (excluding diaryl/α,β-unsaturated/α-hetero) is 2. The Balaban J connectivity index is 2.14. The van der Waals surface area contributed by atoms with Gasteiger partial charge in [-0.25, -0.2) is 0 Å². The topological polar surface area (TPSA) is 43.4 Å². The van der Waals surface area contributed by atoms with Crippen LogP contribution in [0.3, 0.4) is 0 Å². The summed E-state index contributed by atoms with van der Waals surface area (Å²) in [5.74, 6) is 0.432. The fourth-order valence-corrected chi connectivity index (χ4v) is 2.69. The molecule has 1 fully saturated rings. The summed E-state index contributed by atoms with van der Waals surface area (Å²) in [5.41, 5.74) is 0.796. The Kier molecular flexibility index (Phi) is 3.74. The third kappa shape index (κ3) is 3.22. The zero-order chi connectivity index (χ0) is 14.0. The molecule has 102 valence electrons. The number of rotatable bonds is 3. The first-order valence-corrected chi connectivity index (χ1v) is 6.60. The third-order valence-electron chi connectivity index (χ3n) is 3.66. The number of hydrogen-bond acceptors (Lipinski definition) is 3. The van der Waals surface area contributed by atoms with Gasteiger partial charge in [0.15, 0.2) is 0 Å². The summed E-state index contributed by atoms with van der Waals surface area (Å²) in [5, 5.41) is 0. The van der Waals surface area contributed by atoms with Crippen LogP contribution in [0.1, 0.15) is 32.3 Å². The molecule has 0 amide bonds. The quantitative estimate of drug-likeness (QED) is 0.785. The predicted molar refractivity (Wildman–Crippen MR) is 73.2 cm³/mol. The van der Waals surface area contributed by atoms with Crippen LogP contribution in [-0.4, -0.2) is 18.7 Å². The zero-order valence-electron chi connectivity index (χ0n) is 11.7. The average Bonchev–Trinajstić information content (AvgIpc) is 2.33. The van der Waals surface area contributed by atoms with Crippen molar-refractivity contribution in [2.24, 2.45) is 11.3 Å². The highest BCUT2D eigenvalue weighted by Gasteiger charge is 2.39. The summed E-state index contributed by atoms with van der Waals surface area (Å²) in [7, 11) is 1.61. The van der Waals surface area contributed by atoms with Gasteiger partial charge in [0, 0.05) is 12.8 Å². The van der Waals surface area contributed by atoms with Gasteiger partial charge in [0.05, 0.1) is 13.0 Å². The molecule has 0 N–H and O–H groups in total. The van der Waals surface area contributed by atoms with E-state index in [9.17, 15) is 9.59 Å². The molecule has 0 atom stereocenters. The highest BCUT2D eigenvalue weighted by Crippen LogP contribution is 2.35. The first-order valence-electron chi connectivity index (χ1n) is 6.60. The van der Waals surface area contributed by atoms with Crippen LogP contribution in [0.5, 0.6) is 5.75 Å². The largest absolute Gasteiger partial charge is 0.497 e. The number of carbonyl (C=O) groups excluding carboxylic acids is 2. The van der Waals surface area contributed by atoms with Crippen molar-refractivity contribution in [1.29, 1.82) is 0 Å². The van der Waals surface area contributed by atoms with Crippen LogP contribution in [-0.2, 0) is 16.0 Å². The Labute approximate surface area is 114 Å². The summed E-state index contributed by atoms with van der Waals surface area (Å²) < 4.78 is 5.16. The Bertz CT molecular complexity index is 482. The lowest BCUT2D eigenvalue weighted by atomic mass is 9.70. The molecule has 0 spiro atoms. The number of ketones is 2. The molecule has 1 aliphatic carbocycles. The first kappa shape index (κ1) is 13.8. The highest BCUT2D eigenvalue weighted by atomic mass is 16.5. The molecule has 0 aromatic heterocycles. The second kappa shape index (κ2) is 5.16. The summed E-state index contributed by atoms with van der Waals surface area (Å²) >= 11 is 0. The van der Waals surface area contributed by atoms with Crippen molar-refractivity contribution in [3.8, 4) is 5.75 Å². The molecule has 0 radical (unpaired) electrons. The van der Waals surface area contributed by atoms with Gasteiger partial charge >= 0.3 is 0 Å². The minimum atomic E-state index is -0.472. The fourth-order valence-electron chi connectivity index (χ4n) is 2.69. The zero-order valence-corrected chi connectivity index (χ0v) is 11.7. The van der Waals surface area contributed by atoms with Crippen LogP contribution in [0, 0.1) is 11.3 Å². The Morgan fingerprint density at radius 2 is 1.84 bits per heavy atom. The van der Waals surface area contributed by atoms with Gasteiger partial charge < -0.3 is 4.74 Å². The van der Waals surface area contributed by atoms with Gasteiger partial charge in [-0.2, -0.15) is 0 Å². The smallest absolute Gasteiger partial charge is 0.144 e. The monoisotopic (exact) mass is 260 g/mol. The molecule has 0 aliphatic heterocycles. The van der Waals surface area contributed by atoms with Crippen molar-refractivity contribution in [3.05, 3.63) is 29.8 Å². The molecule has 1 saturated carbocycles. The van der Waals surface area contributed by atoms with Gasteiger partial charge in [-0.1, -0.05) is 26.0 Å². The molecule has 1 aromatic rings. The second-order valence-electron chi connectivity index (χ2n) is 6.06. The molecule has 0 bridgehead atoms. The normalized spacial score (nSPS) is 19.5. The van der Waals surface area contributed by atoms with E-state index in [0.717, 1.165) is 11.3 Å². The summed E-state index contributed by atoms with van der Waals surface area (Å²) in [6.45, 7) is 3.95. The summed E-state index contributed by atoms with van der Waals surface area (Å²) in [6, 6.07) is 7.57. The number of carbonyl (C=O) groups is 2. The molecular weight excluding hydrogens is 240 g/mol. The lowest BCUT2D eigenvalue weighted by Gasteiger charge is -2.32. The van der Waals surface area contributed by atoms with Crippen molar-refractivity contribution in [3.63, 3.8) is 0 Å². The maximum atomic E-state index is 12.1. The first-order chi connectivity index (χ1) is 8.91. The van der Waals surface area contributed by atoms with Crippen LogP contribution in [0.4, 0.5) is 0 Å². The van der Waals surface area contributed by atoms with Gasteiger partial charge in [-0.3, -0.25) is 9.59 Å². The molecule has 2 rings (SSSR count). The summed E-state index contributed by atoms with van der Waals surface area (Å²) in [4.78, 5) is 24.3. The van der Waals surface area contributed by atoms with Crippen molar-refractivity contribution in [2.75, 3.05) is 7.11 Å². The minimum absolute atomic E-state index is 0.0732. The van der Waals surface area contributed by atoms with E-state index in [2.05, 4.69) is 0 Å². The maximum Gasteiger partial charge on any atom is 0.144 e. The predicted octanol–water partition coefficient (Wildman–Crippen LogP) is 2.81. The second-order valence-corrected chi connectivity index (χ2v) is 6.06. The van der Waals surface area contributed by atoms with Gasteiger partial charge in [0.2, 0.25) is 0 Å². The molecule has 1 aliphatic rings. The van der Waals surface area contributed by atoms with Crippen LogP contribution in [0.15, 0.2) is 24.3 Å². The fraction of sp³-hybridized carbons (Fsp3) is 0.500. The standard InChI is InChI=1S/C16H20O3/c1-16(2)9-14(17)13(15(18)10-16)8-11-5-4-6-12(7-11)19-3/h4-7,13H,8-10H2,1-3H3. The molecule has 19 heavy (non-hydrogen) atoms. The number of methoxy groups -OCH3 is 1. The number of benzene rings is 1. The summed E-state index contributed by atoms with van der Waals surface area (Å²) in [6.07, 6.45) is 1.48. The van der Waals surface area contributed by atoms with Crippen LogP contribution in [0.25, 0.3) is 0 Å². The average molecular weight is 260 g/mol. The van der Waals surface area contributed by atoms with Gasteiger partial charge in [-0.05, 0) is 29.5 Å². The third-order valence-corrected chi connectivity index (χ3v) is 3.66. The molecular formula is C16H20O3. The van der Waals surface area contributed by atoms with E-state index in [1.807, 2.05) is 38.1 Å². The lowest BCUT2D eigenvalue weighted by Crippen LogP contribution is -2.38. The van der Waals surface area contributed by atoms with E-state index >= 15 is 0 Å². The molecule has 0 unspecified atom stereocenters. The Morgan fingerprint density at radius 3 is 2.42 bits per heavy atom. The van der Waals surface area contributed by atoms with Gasteiger partial charge in [0.1, 0.15) is 17.3 Å². The Morgan fingerprint density at radius 1 is 1.21 bits per heavy atom. The Hall–Kier alpha value is -1.64. The SMILES string of the molecule is COc1cccc(CC2C(=O)CC(C)(C)CC2=O)c1. The molecule has 0 saturated heterocycles. The number of ether oxygens (including phenoxy) is 1. The van der Waals surface area contributed by atoms with Crippen LogP contribution < -0.4 is 4.74 Å². The molecule has 1 aromatic carbocycles. The van der Waals surface area contributed by atoms with Crippen molar-refractivity contribution in [2.45, 2.75) is 33.1 Å². The van der Waals surface area contributed by atoms with Crippen molar-refractivity contribution < 1.29 is 14.3 Å². The molecule has 3 nitrogen and oxygen atoms in total. The van der Waals surface area contributed by atoms with Gasteiger partial charge in [0.25, 0.3) is 0 Å². The van der Waals surface area contributed by atoms with E-state index < -0.39 is 5.92 Å². The van der Waals surface area contributed by atoms with Gasteiger partial charge in [-0.15, -0.1) is 0 Å². The van der Waals surface area contributed by atoms with Crippen molar-refractivity contribution in [1.82, 2.24) is 0 Å². The van der Waals surface area contributed by atoms with E-state index in [1.54, 1.807) is 7.11 Å². The van der Waals surface area contributed by atoms with Crippen molar-refractivity contribution >= 4 is 11.6 Å². The highest BCUT2D eigenvalue weighted by molar-refractivity contribution is 6.05. The van der Waals surface area contributed by atoms with E-state index in [0.29, 0.717) is 19.3 Å². The minimum Gasteiger partial charge on any atom is -0.497 e. The number of hydrogen-bond donors (Lipinski definition) is 0. The maximum absolute atomic E-state index is 12.1. The van der Waals surface area contributed by atoms with E-state index in [1.165, 1.54) is 0 Å². The lowest BCUT2D eigenvalue weighted by molar-refractivity contribution is -0.139.